The van der Waals surface area contributed by atoms with Crippen molar-refractivity contribution in [3.63, 3.8) is 0 Å². The highest BCUT2D eigenvalue weighted by Gasteiger charge is 2.27. The zero-order valence-corrected chi connectivity index (χ0v) is 12.9. The molecule has 102 valence electrons. The molecular weight excluding hydrogens is 314 g/mol. The highest BCUT2D eigenvalue weighted by Crippen LogP contribution is 2.30. The molecule has 0 spiro atoms. The third kappa shape index (κ3) is 2.78. The molecule has 0 heterocycles. The number of fused-ring (bicyclic) bond motifs is 1. The highest BCUT2D eigenvalue weighted by molar-refractivity contribution is 9.10. The Balaban J connectivity index is 1.71. The molecule has 0 aromatic heterocycles. The Kier molecular flexibility index (Phi) is 3.62. The molecule has 1 aliphatic carbocycles. The maximum atomic E-state index is 12.4. The number of anilines is 1. The predicted octanol–water partition coefficient (Wildman–Crippen LogP) is 4.11. The van der Waals surface area contributed by atoms with Gasteiger partial charge in [-0.1, -0.05) is 34.1 Å². The van der Waals surface area contributed by atoms with Crippen molar-refractivity contribution in [1.82, 2.24) is 0 Å². The van der Waals surface area contributed by atoms with Crippen LogP contribution in [0.15, 0.2) is 46.9 Å². The van der Waals surface area contributed by atoms with E-state index in [-0.39, 0.29) is 11.8 Å². The SMILES string of the molecule is Cc1cccc(NC(=O)C2Cc3ccc(Br)cc3C2)c1. The molecule has 1 N–H and O–H groups in total. The Morgan fingerprint density at radius 3 is 2.75 bits per heavy atom. The summed E-state index contributed by atoms with van der Waals surface area (Å²) in [6.45, 7) is 2.03. The van der Waals surface area contributed by atoms with Crippen LogP contribution in [0.25, 0.3) is 0 Å². The second kappa shape index (κ2) is 5.41. The molecule has 1 unspecified atom stereocenters. The largest absolute Gasteiger partial charge is 0.326 e. The van der Waals surface area contributed by atoms with Crippen molar-refractivity contribution in [2.75, 3.05) is 5.32 Å². The second-order valence-electron chi connectivity index (χ2n) is 5.38. The monoisotopic (exact) mass is 329 g/mol. The maximum absolute atomic E-state index is 12.4. The van der Waals surface area contributed by atoms with Crippen LogP contribution in [0.5, 0.6) is 0 Å². The Bertz CT molecular complexity index is 666. The maximum Gasteiger partial charge on any atom is 0.228 e. The van der Waals surface area contributed by atoms with Gasteiger partial charge in [0.25, 0.3) is 0 Å². The van der Waals surface area contributed by atoms with E-state index < -0.39 is 0 Å². The number of hydrogen-bond acceptors (Lipinski definition) is 1. The van der Waals surface area contributed by atoms with Crippen LogP contribution in [0, 0.1) is 12.8 Å². The minimum atomic E-state index is 0.0415. The zero-order chi connectivity index (χ0) is 14.1. The highest BCUT2D eigenvalue weighted by atomic mass is 79.9. The van der Waals surface area contributed by atoms with E-state index in [1.807, 2.05) is 37.3 Å². The van der Waals surface area contributed by atoms with Crippen molar-refractivity contribution in [1.29, 1.82) is 0 Å². The first-order chi connectivity index (χ1) is 9.61. The van der Waals surface area contributed by atoms with Gasteiger partial charge in [-0.3, -0.25) is 4.79 Å². The lowest BCUT2D eigenvalue weighted by Gasteiger charge is -2.10. The molecule has 0 saturated heterocycles. The molecule has 3 rings (SSSR count). The van der Waals surface area contributed by atoms with Crippen molar-refractivity contribution < 1.29 is 4.79 Å². The fourth-order valence-corrected chi connectivity index (χ4v) is 3.15. The van der Waals surface area contributed by atoms with E-state index in [9.17, 15) is 4.79 Å². The first-order valence-corrected chi connectivity index (χ1v) is 7.56. The molecule has 2 aromatic carbocycles. The van der Waals surface area contributed by atoms with Gasteiger partial charge in [-0.25, -0.2) is 0 Å². The number of nitrogens with one attached hydrogen (secondary N) is 1. The number of benzene rings is 2. The van der Waals surface area contributed by atoms with Gasteiger partial charge in [-0.05, 0) is 60.7 Å². The van der Waals surface area contributed by atoms with Crippen molar-refractivity contribution in [3.8, 4) is 0 Å². The van der Waals surface area contributed by atoms with E-state index in [0.717, 1.165) is 28.6 Å². The first-order valence-electron chi connectivity index (χ1n) is 6.76. The van der Waals surface area contributed by atoms with Crippen LogP contribution in [0.1, 0.15) is 16.7 Å². The summed E-state index contributed by atoms with van der Waals surface area (Å²) in [6.07, 6.45) is 1.66. The number of carbonyl (C=O) groups is 1. The normalized spacial score (nSPS) is 16.8. The van der Waals surface area contributed by atoms with E-state index in [1.54, 1.807) is 0 Å². The quantitative estimate of drug-likeness (QED) is 0.882. The van der Waals surface area contributed by atoms with Crippen molar-refractivity contribution >= 4 is 27.5 Å². The molecule has 0 radical (unpaired) electrons. The van der Waals surface area contributed by atoms with Gasteiger partial charge in [0.15, 0.2) is 0 Å². The van der Waals surface area contributed by atoms with E-state index in [4.69, 9.17) is 0 Å². The summed E-state index contributed by atoms with van der Waals surface area (Å²) in [4.78, 5) is 12.4. The Morgan fingerprint density at radius 1 is 1.15 bits per heavy atom. The predicted molar refractivity (Wildman–Crippen MR) is 84.8 cm³/mol. The molecule has 1 amide bonds. The van der Waals surface area contributed by atoms with Gasteiger partial charge >= 0.3 is 0 Å². The molecular formula is C17H16BrNO. The third-order valence-electron chi connectivity index (χ3n) is 3.76. The summed E-state index contributed by atoms with van der Waals surface area (Å²) in [5.74, 6) is 0.155. The smallest absolute Gasteiger partial charge is 0.228 e. The number of aryl methyl sites for hydroxylation is 1. The van der Waals surface area contributed by atoms with Crippen LogP contribution in [0.3, 0.4) is 0 Å². The molecule has 3 heteroatoms. The average Bonchev–Trinajstić information content (AvgIpc) is 2.81. The van der Waals surface area contributed by atoms with Crippen molar-refractivity contribution in [3.05, 3.63) is 63.6 Å². The van der Waals surface area contributed by atoms with E-state index in [0.29, 0.717) is 0 Å². The fraction of sp³-hybridized carbons (Fsp3) is 0.235. The van der Waals surface area contributed by atoms with Crippen molar-refractivity contribution in [2.45, 2.75) is 19.8 Å². The van der Waals surface area contributed by atoms with Crippen LogP contribution in [-0.2, 0) is 17.6 Å². The summed E-state index contributed by atoms with van der Waals surface area (Å²) < 4.78 is 1.08. The number of hydrogen-bond donors (Lipinski definition) is 1. The van der Waals surface area contributed by atoms with Gasteiger partial charge in [0.05, 0.1) is 0 Å². The Labute approximate surface area is 127 Å². The minimum Gasteiger partial charge on any atom is -0.326 e. The molecule has 2 aromatic rings. The van der Waals surface area contributed by atoms with E-state index in [1.165, 1.54) is 11.1 Å². The number of amides is 1. The fourth-order valence-electron chi connectivity index (χ4n) is 2.74. The third-order valence-corrected chi connectivity index (χ3v) is 4.25. The number of rotatable bonds is 2. The average molecular weight is 330 g/mol. The van der Waals surface area contributed by atoms with Gasteiger partial charge in [-0.15, -0.1) is 0 Å². The summed E-state index contributed by atoms with van der Waals surface area (Å²) in [6, 6.07) is 14.2. The Hall–Kier alpha value is -1.61. The van der Waals surface area contributed by atoms with Crippen molar-refractivity contribution in [2.24, 2.45) is 5.92 Å². The number of halogens is 1. The van der Waals surface area contributed by atoms with Crippen LogP contribution in [0.4, 0.5) is 5.69 Å². The lowest BCUT2D eigenvalue weighted by atomic mass is 10.1. The minimum absolute atomic E-state index is 0.0415. The van der Waals surface area contributed by atoms with Crippen LogP contribution < -0.4 is 5.32 Å². The summed E-state index contributed by atoms with van der Waals surface area (Å²) in [5.41, 5.74) is 4.61. The second-order valence-corrected chi connectivity index (χ2v) is 6.29. The van der Waals surface area contributed by atoms with Gasteiger partial charge in [0.1, 0.15) is 0 Å². The summed E-state index contributed by atoms with van der Waals surface area (Å²) in [5, 5.41) is 3.02. The molecule has 0 saturated carbocycles. The topological polar surface area (TPSA) is 29.1 Å². The van der Waals surface area contributed by atoms with Crippen LogP contribution in [0.2, 0.25) is 0 Å². The van der Waals surface area contributed by atoms with Gasteiger partial charge < -0.3 is 5.32 Å². The number of carbonyl (C=O) groups excluding carboxylic acids is 1. The molecule has 0 fully saturated rings. The standard InChI is InChI=1S/C17H16BrNO/c1-11-3-2-4-16(7-11)19-17(20)14-8-12-5-6-15(18)10-13(12)9-14/h2-7,10,14H,8-9H2,1H3,(H,19,20). The summed E-state index contributed by atoms with van der Waals surface area (Å²) in [7, 11) is 0. The molecule has 1 atom stereocenters. The van der Waals surface area contributed by atoms with E-state index >= 15 is 0 Å². The zero-order valence-electron chi connectivity index (χ0n) is 11.3. The van der Waals surface area contributed by atoms with Crippen LogP contribution >= 0.6 is 15.9 Å². The first kappa shape index (κ1) is 13.4. The lowest BCUT2D eigenvalue weighted by Crippen LogP contribution is -2.23. The van der Waals surface area contributed by atoms with Gasteiger partial charge in [0, 0.05) is 16.1 Å². The molecule has 20 heavy (non-hydrogen) atoms. The lowest BCUT2D eigenvalue weighted by molar-refractivity contribution is -0.119. The molecule has 1 aliphatic rings. The van der Waals surface area contributed by atoms with Crippen LogP contribution in [-0.4, -0.2) is 5.91 Å². The Morgan fingerprint density at radius 2 is 1.95 bits per heavy atom. The van der Waals surface area contributed by atoms with Gasteiger partial charge in [-0.2, -0.15) is 0 Å². The van der Waals surface area contributed by atoms with E-state index in [2.05, 4.69) is 33.4 Å². The molecule has 0 aliphatic heterocycles. The summed E-state index contributed by atoms with van der Waals surface area (Å²) >= 11 is 3.48. The molecule has 2 nitrogen and oxygen atoms in total. The molecule has 0 bridgehead atoms. The van der Waals surface area contributed by atoms with Gasteiger partial charge in [0.2, 0.25) is 5.91 Å².